The van der Waals surface area contributed by atoms with Crippen molar-refractivity contribution in [3.05, 3.63) is 82.9 Å². The molecule has 0 fully saturated rings. The van der Waals surface area contributed by atoms with Crippen molar-refractivity contribution in [2.45, 2.75) is 20.5 Å². The summed E-state index contributed by atoms with van der Waals surface area (Å²) in [7, 11) is 3.08. The van der Waals surface area contributed by atoms with Gasteiger partial charge < -0.3 is 19.5 Å². The van der Waals surface area contributed by atoms with E-state index in [4.69, 9.17) is 14.2 Å². The predicted molar refractivity (Wildman–Crippen MR) is 114 cm³/mol. The molecule has 0 aliphatic rings. The highest BCUT2D eigenvalue weighted by Gasteiger charge is 2.18. The Bertz CT molecular complexity index is 974. The van der Waals surface area contributed by atoms with Crippen LogP contribution in [0, 0.1) is 13.8 Å². The van der Waals surface area contributed by atoms with E-state index in [1.807, 2.05) is 62.4 Å². The van der Waals surface area contributed by atoms with Gasteiger partial charge in [-0.15, -0.1) is 0 Å². The number of rotatable bonds is 7. The molecule has 0 aliphatic carbocycles. The van der Waals surface area contributed by atoms with Crippen LogP contribution >= 0.6 is 0 Å². The van der Waals surface area contributed by atoms with E-state index >= 15 is 0 Å². The van der Waals surface area contributed by atoms with Gasteiger partial charge in [-0.05, 0) is 48.7 Å². The number of carbonyl (C=O) groups is 1. The lowest BCUT2D eigenvalue weighted by molar-refractivity contribution is 0.102. The fraction of sp³-hybridized carbons (Fsp3) is 0.208. The molecule has 0 atom stereocenters. The second kappa shape index (κ2) is 9.15. The number of nitrogens with one attached hydrogen (secondary N) is 1. The summed E-state index contributed by atoms with van der Waals surface area (Å²) in [6.45, 7) is 4.35. The molecule has 0 bridgehead atoms. The maximum Gasteiger partial charge on any atom is 0.255 e. The molecule has 0 heterocycles. The highest BCUT2D eigenvalue weighted by atomic mass is 16.5. The molecule has 0 aliphatic heterocycles. The van der Waals surface area contributed by atoms with Crippen molar-refractivity contribution < 1.29 is 19.0 Å². The van der Waals surface area contributed by atoms with Gasteiger partial charge in [0.15, 0.2) is 11.5 Å². The normalized spacial score (nSPS) is 10.3. The molecular formula is C24H25NO4. The van der Waals surface area contributed by atoms with Gasteiger partial charge >= 0.3 is 0 Å². The molecule has 3 aromatic rings. The molecule has 0 spiro atoms. The highest BCUT2D eigenvalue weighted by Crippen LogP contribution is 2.39. The smallest absolute Gasteiger partial charge is 0.255 e. The summed E-state index contributed by atoms with van der Waals surface area (Å²) in [6, 6.07) is 18.9. The third-order valence-corrected chi connectivity index (χ3v) is 4.80. The summed E-state index contributed by atoms with van der Waals surface area (Å²) >= 11 is 0. The average Bonchev–Trinajstić information content (AvgIpc) is 2.75. The van der Waals surface area contributed by atoms with Gasteiger partial charge in [-0.2, -0.15) is 0 Å². The first-order chi connectivity index (χ1) is 14.0. The molecule has 0 aromatic heterocycles. The van der Waals surface area contributed by atoms with E-state index in [1.54, 1.807) is 12.1 Å². The third-order valence-electron chi connectivity index (χ3n) is 4.80. The van der Waals surface area contributed by atoms with Crippen LogP contribution < -0.4 is 19.5 Å². The van der Waals surface area contributed by atoms with Crippen molar-refractivity contribution in [2.24, 2.45) is 0 Å². The number of anilines is 1. The highest BCUT2D eigenvalue weighted by molar-refractivity contribution is 6.05. The lowest BCUT2D eigenvalue weighted by Crippen LogP contribution is -2.14. The lowest BCUT2D eigenvalue weighted by atomic mass is 10.1. The lowest BCUT2D eigenvalue weighted by Gasteiger charge is -2.17. The number of aryl methyl sites for hydroxylation is 1. The van der Waals surface area contributed by atoms with Crippen molar-refractivity contribution in [1.29, 1.82) is 0 Å². The number of benzene rings is 3. The monoisotopic (exact) mass is 391 g/mol. The molecule has 3 aromatic carbocycles. The maximum absolute atomic E-state index is 12.8. The second-order valence-electron chi connectivity index (χ2n) is 6.69. The van der Waals surface area contributed by atoms with Crippen molar-refractivity contribution in [3.63, 3.8) is 0 Å². The molecule has 5 nitrogen and oxygen atoms in total. The molecule has 1 amide bonds. The molecule has 150 valence electrons. The van der Waals surface area contributed by atoms with Gasteiger partial charge in [-0.25, -0.2) is 0 Å². The van der Waals surface area contributed by atoms with Crippen LogP contribution in [-0.2, 0) is 6.61 Å². The largest absolute Gasteiger partial charge is 0.493 e. The number of hydrogen-bond donors (Lipinski definition) is 1. The zero-order chi connectivity index (χ0) is 20.8. The Balaban J connectivity index is 1.86. The first kappa shape index (κ1) is 20.3. The Morgan fingerprint density at radius 2 is 1.55 bits per heavy atom. The molecule has 0 unspecified atom stereocenters. The number of hydrogen-bond acceptors (Lipinski definition) is 4. The van der Waals surface area contributed by atoms with Crippen molar-refractivity contribution >= 4 is 11.6 Å². The van der Waals surface area contributed by atoms with E-state index in [-0.39, 0.29) is 5.91 Å². The molecule has 5 heteroatoms. The average molecular weight is 391 g/mol. The summed E-state index contributed by atoms with van der Waals surface area (Å²) in [5, 5.41) is 2.96. The Morgan fingerprint density at radius 1 is 0.897 bits per heavy atom. The van der Waals surface area contributed by atoms with E-state index < -0.39 is 0 Å². The van der Waals surface area contributed by atoms with Crippen molar-refractivity contribution in [2.75, 3.05) is 19.5 Å². The fourth-order valence-corrected chi connectivity index (χ4v) is 2.96. The quantitative estimate of drug-likeness (QED) is 0.605. The van der Waals surface area contributed by atoms with Gasteiger partial charge in [0.25, 0.3) is 5.91 Å². The second-order valence-corrected chi connectivity index (χ2v) is 6.69. The Kier molecular flexibility index (Phi) is 6.39. The minimum Gasteiger partial charge on any atom is -0.493 e. The predicted octanol–water partition coefficient (Wildman–Crippen LogP) is 5.15. The van der Waals surface area contributed by atoms with E-state index in [1.165, 1.54) is 14.2 Å². The molecule has 3 rings (SSSR count). The van der Waals surface area contributed by atoms with Crippen LogP contribution in [0.2, 0.25) is 0 Å². The van der Waals surface area contributed by atoms with E-state index in [0.29, 0.717) is 29.4 Å². The summed E-state index contributed by atoms with van der Waals surface area (Å²) in [4.78, 5) is 12.8. The maximum atomic E-state index is 12.8. The van der Waals surface area contributed by atoms with Gasteiger partial charge in [-0.3, -0.25) is 4.79 Å². The van der Waals surface area contributed by atoms with Crippen LogP contribution in [0.15, 0.2) is 60.7 Å². The summed E-state index contributed by atoms with van der Waals surface area (Å²) < 4.78 is 16.9. The van der Waals surface area contributed by atoms with Crippen LogP contribution in [-0.4, -0.2) is 20.1 Å². The molecule has 29 heavy (non-hydrogen) atoms. The van der Waals surface area contributed by atoms with E-state index in [0.717, 1.165) is 22.4 Å². The van der Waals surface area contributed by atoms with Crippen molar-refractivity contribution in [3.8, 4) is 17.2 Å². The molecule has 0 saturated heterocycles. The SMILES string of the molecule is COc1cc(C(=O)Nc2cccc(C)c2C)cc(OC)c1OCc1ccccc1. The number of amides is 1. The standard InChI is InChI=1S/C24H25NO4/c1-16-9-8-12-20(17(16)2)25-24(26)19-13-21(27-3)23(22(14-19)28-4)29-15-18-10-6-5-7-11-18/h5-14H,15H2,1-4H3,(H,25,26). The van der Waals surface area contributed by atoms with E-state index in [2.05, 4.69) is 5.32 Å². The minimum atomic E-state index is -0.245. The summed E-state index contributed by atoms with van der Waals surface area (Å²) in [5.41, 5.74) is 4.36. The minimum absolute atomic E-state index is 0.245. The Labute approximate surface area is 171 Å². The fourth-order valence-electron chi connectivity index (χ4n) is 2.96. The molecular weight excluding hydrogens is 366 g/mol. The number of ether oxygens (including phenoxy) is 3. The summed E-state index contributed by atoms with van der Waals surface area (Å²) in [5.74, 6) is 1.09. The number of methoxy groups -OCH3 is 2. The summed E-state index contributed by atoms with van der Waals surface area (Å²) in [6.07, 6.45) is 0. The van der Waals surface area contributed by atoms with E-state index in [9.17, 15) is 4.79 Å². The first-order valence-electron chi connectivity index (χ1n) is 9.33. The van der Waals surface area contributed by atoms with Crippen molar-refractivity contribution in [1.82, 2.24) is 0 Å². The molecule has 0 saturated carbocycles. The Morgan fingerprint density at radius 3 is 2.17 bits per heavy atom. The van der Waals surface area contributed by atoms with Gasteiger partial charge in [0, 0.05) is 11.3 Å². The van der Waals surface area contributed by atoms with Gasteiger partial charge in [0.05, 0.1) is 14.2 Å². The Hall–Kier alpha value is -3.47. The molecule has 0 radical (unpaired) electrons. The van der Waals surface area contributed by atoms with Crippen LogP contribution in [0.1, 0.15) is 27.0 Å². The van der Waals surface area contributed by atoms with Gasteiger partial charge in [0.1, 0.15) is 6.61 Å². The topological polar surface area (TPSA) is 56.8 Å². The zero-order valence-corrected chi connectivity index (χ0v) is 17.1. The number of carbonyl (C=O) groups excluding carboxylic acids is 1. The van der Waals surface area contributed by atoms with Crippen LogP contribution in [0.4, 0.5) is 5.69 Å². The molecule has 1 N–H and O–H groups in total. The van der Waals surface area contributed by atoms with Gasteiger partial charge in [-0.1, -0.05) is 42.5 Å². The van der Waals surface area contributed by atoms with Gasteiger partial charge in [0.2, 0.25) is 5.75 Å². The van der Waals surface area contributed by atoms with Crippen LogP contribution in [0.5, 0.6) is 17.2 Å². The zero-order valence-electron chi connectivity index (χ0n) is 17.1. The van der Waals surface area contributed by atoms with Crippen LogP contribution in [0.3, 0.4) is 0 Å². The first-order valence-corrected chi connectivity index (χ1v) is 9.33. The van der Waals surface area contributed by atoms with Crippen LogP contribution in [0.25, 0.3) is 0 Å². The third kappa shape index (κ3) is 4.69.